The highest BCUT2D eigenvalue weighted by atomic mass is 16.3. The summed E-state index contributed by atoms with van der Waals surface area (Å²) in [6, 6.07) is 0. The zero-order valence-electron chi connectivity index (χ0n) is 17.2. The zero-order valence-corrected chi connectivity index (χ0v) is 17.2. The van der Waals surface area contributed by atoms with E-state index >= 15 is 0 Å². The Morgan fingerprint density at radius 1 is 1.33 bits per heavy atom. The number of carbonyl (C=O) groups is 1. The van der Waals surface area contributed by atoms with Crippen molar-refractivity contribution in [3.8, 4) is 0 Å². The molecule has 4 nitrogen and oxygen atoms in total. The van der Waals surface area contributed by atoms with Crippen molar-refractivity contribution in [2.45, 2.75) is 96.2 Å². The lowest BCUT2D eigenvalue weighted by Crippen LogP contribution is -2.23. The number of amides is 1. The van der Waals surface area contributed by atoms with Crippen molar-refractivity contribution in [3.63, 3.8) is 0 Å². The SMILES string of the molecule is CCCC[C@](C)(O)C/C=C/[C@@H]1[C@H]2CC(CCCCCC(N)=O)=C[C@H]2C[C@H]1O. The highest BCUT2D eigenvalue weighted by Gasteiger charge is 2.43. The second-order valence-corrected chi connectivity index (χ2v) is 9.00. The van der Waals surface area contributed by atoms with Crippen molar-refractivity contribution in [1.82, 2.24) is 0 Å². The average molecular weight is 378 g/mol. The number of aliphatic hydroxyl groups excluding tert-OH is 1. The predicted molar refractivity (Wildman–Crippen MR) is 110 cm³/mol. The molecule has 1 amide bonds. The van der Waals surface area contributed by atoms with Crippen LogP contribution in [0, 0.1) is 17.8 Å². The molecule has 0 spiro atoms. The molecular weight excluding hydrogens is 338 g/mol. The first-order valence-electron chi connectivity index (χ1n) is 10.9. The van der Waals surface area contributed by atoms with E-state index in [-0.39, 0.29) is 17.9 Å². The molecule has 1 fully saturated rings. The third-order valence-electron chi connectivity index (χ3n) is 6.36. The monoisotopic (exact) mass is 377 g/mol. The summed E-state index contributed by atoms with van der Waals surface area (Å²) in [7, 11) is 0. The van der Waals surface area contributed by atoms with Gasteiger partial charge in [0.2, 0.25) is 5.91 Å². The summed E-state index contributed by atoms with van der Waals surface area (Å²) in [6.45, 7) is 4.05. The first kappa shape index (κ1) is 22.2. The highest BCUT2D eigenvalue weighted by molar-refractivity contribution is 5.73. The van der Waals surface area contributed by atoms with Gasteiger partial charge >= 0.3 is 0 Å². The van der Waals surface area contributed by atoms with Gasteiger partial charge in [-0.25, -0.2) is 0 Å². The fourth-order valence-electron chi connectivity index (χ4n) is 4.76. The Bertz CT molecular complexity index is 538. The number of rotatable bonds is 12. The van der Waals surface area contributed by atoms with Crippen LogP contribution in [0.1, 0.15) is 84.5 Å². The molecule has 0 bridgehead atoms. The molecule has 0 aromatic carbocycles. The fourth-order valence-corrected chi connectivity index (χ4v) is 4.76. The summed E-state index contributed by atoms with van der Waals surface area (Å²) >= 11 is 0. The quantitative estimate of drug-likeness (QED) is 0.351. The van der Waals surface area contributed by atoms with Gasteiger partial charge in [-0.05, 0) is 63.7 Å². The van der Waals surface area contributed by atoms with Crippen molar-refractivity contribution in [3.05, 3.63) is 23.8 Å². The molecule has 2 rings (SSSR count). The molecule has 5 atom stereocenters. The van der Waals surface area contributed by atoms with Crippen LogP contribution in [-0.2, 0) is 4.79 Å². The molecule has 154 valence electrons. The number of carbonyl (C=O) groups excluding carboxylic acids is 1. The van der Waals surface area contributed by atoms with Gasteiger partial charge in [-0.1, -0.05) is 50.0 Å². The maximum atomic E-state index is 10.8. The molecule has 27 heavy (non-hydrogen) atoms. The Balaban J connectivity index is 1.77. The topological polar surface area (TPSA) is 83.5 Å². The molecule has 4 heteroatoms. The lowest BCUT2D eigenvalue weighted by Gasteiger charge is -2.22. The Labute approximate surface area is 164 Å². The third-order valence-corrected chi connectivity index (χ3v) is 6.36. The van der Waals surface area contributed by atoms with Gasteiger partial charge in [-0.15, -0.1) is 0 Å². The minimum atomic E-state index is -0.639. The van der Waals surface area contributed by atoms with Crippen LogP contribution in [0.5, 0.6) is 0 Å². The number of allylic oxidation sites excluding steroid dienone is 2. The number of fused-ring (bicyclic) bond motifs is 1. The largest absolute Gasteiger partial charge is 0.392 e. The summed E-state index contributed by atoms with van der Waals surface area (Å²) in [6.07, 6.45) is 16.6. The summed E-state index contributed by atoms with van der Waals surface area (Å²) in [4.78, 5) is 10.8. The second-order valence-electron chi connectivity index (χ2n) is 9.00. The van der Waals surface area contributed by atoms with E-state index in [1.165, 1.54) is 5.57 Å². The minimum absolute atomic E-state index is 0.207. The van der Waals surface area contributed by atoms with E-state index in [9.17, 15) is 15.0 Å². The van der Waals surface area contributed by atoms with Crippen LogP contribution in [0.4, 0.5) is 0 Å². The second kappa shape index (κ2) is 10.4. The average Bonchev–Trinajstić information content (AvgIpc) is 3.10. The fraction of sp³-hybridized carbons (Fsp3) is 0.783. The van der Waals surface area contributed by atoms with Gasteiger partial charge in [0.1, 0.15) is 0 Å². The molecule has 0 aromatic heterocycles. The summed E-state index contributed by atoms with van der Waals surface area (Å²) in [5, 5.41) is 20.9. The van der Waals surface area contributed by atoms with Crippen LogP contribution in [0.15, 0.2) is 23.8 Å². The maximum absolute atomic E-state index is 10.8. The van der Waals surface area contributed by atoms with Gasteiger partial charge in [0.25, 0.3) is 0 Å². The predicted octanol–water partition coefficient (Wildman–Crippen LogP) is 4.25. The molecule has 0 heterocycles. The molecule has 0 aromatic rings. The molecule has 0 radical (unpaired) electrons. The van der Waals surface area contributed by atoms with Gasteiger partial charge in [0.05, 0.1) is 11.7 Å². The van der Waals surface area contributed by atoms with Crippen LogP contribution >= 0.6 is 0 Å². The molecule has 1 saturated carbocycles. The van der Waals surface area contributed by atoms with Crippen LogP contribution in [-0.4, -0.2) is 27.8 Å². The Kier molecular flexibility index (Phi) is 8.56. The summed E-state index contributed by atoms with van der Waals surface area (Å²) < 4.78 is 0. The normalized spacial score (nSPS) is 29.7. The molecule has 4 N–H and O–H groups in total. The van der Waals surface area contributed by atoms with Crippen molar-refractivity contribution in [2.75, 3.05) is 0 Å². The Morgan fingerprint density at radius 3 is 2.81 bits per heavy atom. The smallest absolute Gasteiger partial charge is 0.217 e. The molecule has 2 aliphatic carbocycles. The molecule has 2 aliphatic rings. The first-order valence-corrected chi connectivity index (χ1v) is 10.9. The van der Waals surface area contributed by atoms with Crippen molar-refractivity contribution in [2.24, 2.45) is 23.5 Å². The van der Waals surface area contributed by atoms with Crippen LogP contribution < -0.4 is 5.73 Å². The van der Waals surface area contributed by atoms with Gasteiger partial charge in [-0.2, -0.15) is 0 Å². The lowest BCUT2D eigenvalue weighted by molar-refractivity contribution is -0.118. The minimum Gasteiger partial charge on any atom is -0.392 e. The van der Waals surface area contributed by atoms with Gasteiger partial charge in [-0.3, -0.25) is 4.79 Å². The zero-order chi connectivity index (χ0) is 19.9. The standard InChI is InChI=1S/C23H39NO3/c1-3-4-12-23(2,27)13-8-10-19-20-15-17(14-18(20)16-21(19)25)9-6-5-7-11-22(24)26/h8,10,14,18-21,25,27H,3-7,9,11-13,15-16H2,1-2H3,(H2,24,26)/b10-8+/t18-,19+,20-,21+,23-/m0/s1. The number of nitrogens with two attached hydrogens (primary N) is 1. The van der Waals surface area contributed by atoms with Gasteiger partial charge in [0.15, 0.2) is 0 Å². The first-order chi connectivity index (χ1) is 12.8. The van der Waals surface area contributed by atoms with Gasteiger partial charge in [0, 0.05) is 12.3 Å². The molecular formula is C23H39NO3. The van der Waals surface area contributed by atoms with Crippen molar-refractivity contribution in [1.29, 1.82) is 0 Å². The van der Waals surface area contributed by atoms with Crippen LogP contribution in [0.25, 0.3) is 0 Å². The summed E-state index contributed by atoms with van der Waals surface area (Å²) in [5.41, 5.74) is 6.06. The third kappa shape index (κ3) is 7.08. The van der Waals surface area contributed by atoms with E-state index in [1.807, 2.05) is 6.92 Å². The number of aliphatic hydroxyl groups is 2. The van der Waals surface area contributed by atoms with E-state index in [4.69, 9.17) is 5.73 Å². The Morgan fingerprint density at radius 2 is 2.11 bits per heavy atom. The molecule has 0 unspecified atom stereocenters. The van der Waals surface area contributed by atoms with Gasteiger partial charge < -0.3 is 15.9 Å². The summed E-state index contributed by atoms with van der Waals surface area (Å²) in [5.74, 6) is 1.01. The highest BCUT2D eigenvalue weighted by Crippen LogP contribution is 2.48. The van der Waals surface area contributed by atoms with Crippen molar-refractivity contribution >= 4 is 5.91 Å². The van der Waals surface area contributed by atoms with Crippen molar-refractivity contribution < 1.29 is 15.0 Å². The number of hydrogen-bond acceptors (Lipinski definition) is 3. The van der Waals surface area contributed by atoms with E-state index < -0.39 is 5.60 Å². The molecule has 0 aliphatic heterocycles. The van der Waals surface area contributed by atoms with E-state index in [0.717, 1.165) is 57.8 Å². The molecule has 0 saturated heterocycles. The number of hydrogen-bond donors (Lipinski definition) is 3. The van der Waals surface area contributed by atoms with E-state index in [2.05, 4.69) is 25.2 Å². The lowest BCUT2D eigenvalue weighted by atomic mass is 9.87. The maximum Gasteiger partial charge on any atom is 0.217 e. The van der Waals surface area contributed by atoms with E-state index in [1.54, 1.807) is 0 Å². The van der Waals surface area contributed by atoms with Crippen LogP contribution in [0.2, 0.25) is 0 Å². The van der Waals surface area contributed by atoms with E-state index in [0.29, 0.717) is 24.7 Å². The number of primary amides is 1. The number of unbranched alkanes of at least 4 members (excludes halogenated alkanes) is 3. The van der Waals surface area contributed by atoms with Crippen LogP contribution in [0.3, 0.4) is 0 Å². The Hall–Kier alpha value is -1.13.